The number of carbonyl (C=O) groups excluding carboxylic acids is 2. The number of nitrogens with zero attached hydrogens (tertiary/aromatic N) is 3. The molecule has 1 aliphatic heterocycles. The molecule has 0 bridgehead atoms. The van der Waals surface area contributed by atoms with Crippen LogP contribution in [0.15, 0.2) is 78.0 Å². The topological polar surface area (TPSA) is 87.6 Å². The van der Waals surface area contributed by atoms with Crippen molar-refractivity contribution >= 4 is 50.7 Å². The minimum Gasteiger partial charge on any atom is -0.274 e. The number of sulfonamides is 1. The van der Waals surface area contributed by atoms with Gasteiger partial charge in [0.2, 0.25) is 15.9 Å². The van der Waals surface area contributed by atoms with Gasteiger partial charge in [0.1, 0.15) is 10.9 Å². The lowest BCUT2D eigenvalue weighted by molar-refractivity contribution is -0.122. The zero-order valence-corrected chi connectivity index (χ0v) is 18.9. The Labute approximate surface area is 195 Å². The van der Waals surface area contributed by atoms with Crippen LogP contribution >= 0.6 is 23.2 Å². The summed E-state index contributed by atoms with van der Waals surface area (Å²) in [6, 6.07) is 14.5. The molecule has 0 N–H and O–H groups in total. The smallest absolute Gasteiger partial charge is 0.252 e. The quantitative estimate of drug-likeness (QED) is 0.489. The van der Waals surface area contributed by atoms with Gasteiger partial charge < -0.3 is 0 Å². The van der Waals surface area contributed by atoms with E-state index in [0.717, 1.165) is 9.21 Å². The van der Waals surface area contributed by atoms with Crippen LogP contribution in [0.25, 0.3) is 0 Å². The first-order chi connectivity index (χ1) is 15.3. The lowest BCUT2D eigenvalue weighted by atomic mass is 10.2. The fourth-order valence-corrected chi connectivity index (χ4v) is 5.83. The molecule has 1 aromatic heterocycles. The van der Waals surface area contributed by atoms with Crippen molar-refractivity contribution in [3.63, 3.8) is 0 Å². The molecule has 1 unspecified atom stereocenters. The van der Waals surface area contributed by atoms with Crippen LogP contribution < -0.4 is 4.90 Å². The van der Waals surface area contributed by atoms with E-state index in [1.165, 1.54) is 24.4 Å². The molecule has 4 rings (SSSR count). The van der Waals surface area contributed by atoms with Crippen molar-refractivity contribution in [1.82, 2.24) is 9.29 Å². The van der Waals surface area contributed by atoms with Crippen LogP contribution in [0.3, 0.4) is 0 Å². The Balaban J connectivity index is 1.79. The van der Waals surface area contributed by atoms with Gasteiger partial charge >= 0.3 is 0 Å². The number of anilines is 1. The highest BCUT2D eigenvalue weighted by Crippen LogP contribution is 2.33. The van der Waals surface area contributed by atoms with Gasteiger partial charge in [-0.2, -0.15) is 4.31 Å². The average molecular weight is 490 g/mol. The van der Waals surface area contributed by atoms with Gasteiger partial charge in [0, 0.05) is 24.0 Å². The third-order valence-electron chi connectivity index (χ3n) is 5.03. The molecule has 1 aliphatic rings. The molecule has 10 heteroatoms. The number of imide groups is 1. The summed E-state index contributed by atoms with van der Waals surface area (Å²) >= 11 is 12.2. The second kappa shape index (κ2) is 8.99. The molecule has 7 nitrogen and oxygen atoms in total. The third-order valence-corrected chi connectivity index (χ3v) is 7.60. The van der Waals surface area contributed by atoms with Crippen LogP contribution in [0.4, 0.5) is 5.69 Å². The Kier molecular flexibility index (Phi) is 6.30. The van der Waals surface area contributed by atoms with Crippen LogP contribution in [0.5, 0.6) is 0 Å². The van der Waals surface area contributed by atoms with E-state index in [9.17, 15) is 18.0 Å². The molecular formula is C22H17Cl2N3O4S. The van der Waals surface area contributed by atoms with Crippen LogP contribution in [-0.2, 0) is 26.2 Å². The molecule has 32 heavy (non-hydrogen) atoms. The summed E-state index contributed by atoms with van der Waals surface area (Å²) in [6.45, 7) is -0.175. The molecular weight excluding hydrogens is 473 g/mol. The number of benzene rings is 2. The van der Waals surface area contributed by atoms with E-state index in [1.807, 2.05) is 0 Å². The number of hydrogen-bond donors (Lipinski definition) is 0. The van der Waals surface area contributed by atoms with E-state index in [2.05, 4.69) is 4.98 Å². The van der Waals surface area contributed by atoms with Gasteiger partial charge in [-0.3, -0.25) is 14.6 Å². The summed E-state index contributed by atoms with van der Waals surface area (Å²) in [5.74, 6) is -1.12. The number of rotatable bonds is 6. The molecule has 1 fully saturated rings. The van der Waals surface area contributed by atoms with Crippen LogP contribution in [0.2, 0.25) is 10.0 Å². The van der Waals surface area contributed by atoms with Gasteiger partial charge in [-0.15, -0.1) is 0 Å². The minimum absolute atomic E-state index is 0.0396. The van der Waals surface area contributed by atoms with Gasteiger partial charge in [-0.25, -0.2) is 13.3 Å². The summed E-state index contributed by atoms with van der Waals surface area (Å²) in [4.78, 5) is 30.8. The molecule has 1 saturated heterocycles. The van der Waals surface area contributed by atoms with E-state index >= 15 is 0 Å². The van der Waals surface area contributed by atoms with Crippen LogP contribution in [0, 0.1) is 0 Å². The molecule has 2 aromatic carbocycles. The minimum atomic E-state index is -4.31. The predicted octanol–water partition coefficient (Wildman–Crippen LogP) is 3.91. The summed E-state index contributed by atoms with van der Waals surface area (Å²) < 4.78 is 28.3. The van der Waals surface area contributed by atoms with Gasteiger partial charge in [-0.1, -0.05) is 47.5 Å². The number of hydrogen-bond acceptors (Lipinski definition) is 5. The summed E-state index contributed by atoms with van der Waals surface area (Å²) in [5.41, 5.74) is 0.928. The van der Waals surface area contributed by atoms with Crippen LogP contribution in [-0.4, -0.2) is 35.6 Å². The Morgan fingerprint density at radius 2 is 1.78 bits per heavy atom. The predicted molar refractivity (Wildman–Crippen MR) is 121 cm³/mol. The fraction of sp³-hybridized carbons (Fsp3) is 0.136. The Hall–Kier alpha value is -2.78. The SMILES string of the molecule is O=C1CC(N(Cc2cccnc2)S(=O)(=O)c2cc(Cl)ccc2Cl)C(=O)N1c1ccccc1. The number of carbonyl (C=O) groups is 2. The maximum atomic E-state index is 13.7. The van der Waals surface area contributed by atoms with Crippen molar-refractivity contribution in [2.75, 3.05) is 4.90 Å². The molecule has 0 radical (unpaired) electrons. The third kappa shape index (κ3) is 4.27. The first kappa shape index (κ1) is 22.4. The number of halogens is 2. The highest BCUT2D eigenvalue weighted by molar-refractivity contribution is 7.89. The van der Waals surface area contributed by atoms with Crippen molar-refractivity contribution in [3.8, 4) is 0 Å². The van der Waals surface area contributed by atoms with E-state index in [1.54, 1.807) is 48.7 Å². The first-order valence-corrected chi connectivity index (χ1v) is 11.8. The zero-order chi connectivity index (χ0) is 22.9. The van der Waals surface area contributed by atoms with Crippen molar-refractivity contribution in [1.29, 1.82) is 0 Å². The van der Waals surface area contributed by atoms with Crippen LogP contribution in [0.1, 0.15) is 12.0 Å². The second-order valence-corrected chi connectivity index (χ2v) is 9.81. The first-order valence-electron chi connectivity index (χ1n) is 9.56. The zero-order valence-electron chi connectivity index (χ0n) is 16.6. The normalized spacial score (nSPS) is 16.7. The molecule has 164 valence electrons. The maximum Gasteiger partial charge on any atom is 0.252 e. The molecule has 3 aromatic rings. The fourth-order valence-electron chi connectivity index (χ4n) is 3.52. The maximum absolute atomic E-state index is 13.7. The Bertz CT molecular complexity index is 1270. The van der Waals surface area contributed by atoms with Crippen molar-refractivity contribution in [3.05, 3.63) is 88.7 Å². The Morgan fingerprint density at radius 1 is 1.03 bits per heavy atom. The average Bonchev–Trinajstić information content (AvgIpc) is 3.08. The van der Waals surface area contributed by atoms with E-state index in [-0.39, 0.29) is 27.9 Å². The number of para-hydroxylation sites is 1. The van der Waals surface area contributed by atoms with Crippen molar-refractivity contribution in [2.24, 2.45) is 0 Å². The largest absolute Gasteiger partial charge is 0.274 e. The monoisotopic (exact) mass is 489 g/mol. The second-order valence-electron chi connectivity index (χ2n) is 7.11. The van der Waals surface area contributed by atoms with E-state index in [4.69, 9.17) is 23.2 Å². The highest BCUT2D eigenvalue weighted by atomic mass is 35.5. The van der Waals surface area contributed by atoms with Crippen molar-refractivity contribution < 1.29 is 18.0 Å². The lowest BCUT2D eigenvalue weighted by Crippen LogP contribution is -2.45. The van der Waals surface area contributed by atoms with Gasteiger partial charge in [0.25, 0.3) is 5.91 Å². The standard InChI is InChI=1S/C22H17Cl2N3O4S/c23-16-8-9-18(24)20(11-16)32(30,31)26(14-15-5-4-10-25-13-15)19-12-21(28)27(22(19)29)17-6-2-1-3-7-17/h1-11,13,19H,12,14H2. The van der Waals surface area contributed by atoms with Gasteiger partial charge in [0.05, 0.1) is 17.1 Å². The molecule has 0 aliphatic carbocycles. The van der Waals surface area contributed by atoms with Crippen molar-refractivity contribution in [2.45, 2.75) is 23.9 Å². The lowest BCUT2D eigenvalue weighted by Gasteiger charge is -2.27. The Morgan fingerprint density at radius 3 is 2.47 bits per heavy atom. The summed E-state index contributed by atoms with van der Waals surface area (Å²) in [7, 11) is -4.31. The van der Waals surface area contributed by atoms with Gasteiger partial charge in [-0.05, 0) is 42.0 Å². The molecule has 2 amide bonds. The molecule has 0 spiro atoms. The number of aromatic nitrogens is 1. The number of amides is 2. The molecule has 0 saturated carbocycles. The van der Waals surface area contributed by atoms with E-state index < -0.39 is 27.9 Å². The summed E-state index contributed by atoms with van der Waals surface area (Å²) in [6.07, 6.45) is 2.75. The molecule has 1 atom stereocenters. The van der Waals surface area contributed by atoms with Gasteiger partial charge in [0.15, 0.2) is 0 Å². The highest BCUT2D eigenvalue weighted by Gasteiger charge is 2.47. The molecule has 2 heterocycles. The summed E-state index contributed by atoms with van der Waals surface area (Å²) in [5, 5.41) is 0.135. The number of pyridine rings is 1. The van der Waals surface area contributed by atoms with E-state index in [0.29, 0.717) is 11.3 Å².